The van der Waals surface area contributed by atoms with Gasteiger partial charge >= 0.3 is 0 Å². The number of halogens is 2. The van der Waals surface area contributed by atoms with Gasteiger partial charge < -0.3 is 14.8 Å². The van der Waals surface area contributed by atoms with E-state index in [-0.39, 0.29) is 11.9 Å². The van der Waals surface area contributed by atoms with Crippen LogP contribution >= 0.6 is 11.6 Å². The number of rotatable bonds is 4. The Morgan fingerprint density at radius 1 is 1.50 bits per heavy atom. The second kappa shape index (κ2) is 5.53. The van der Waals surface area contributed by atoms with Gasteiger partial charge in [0.25, 0.3) is 0 Å². The topological polar surface area (TPSA) is 30.5 Å². The van der Waals surface area contributed by atoms with Crippen LogP contribution in [0.4, 0.5) is 4.39 Å². The molecule has 0 aliphatic carbocycles. The van der Waals surface area contributed by atoms with E-state index in [2.05, 4.69) is 5.32 Å². The number of hydrogen-bond donors (Lipinski definition) is 1. The van der Waals surface area contributed by atoms with Crippen LogP contribution in [0.3, 0.4) is 0 Å². The first-order valence-corrected chi connectivity index (χ1v) is 6.30. The summed E-state index contributed by atoms with van der Waals surface area (Å²) in [6.07, 6.45) is 0.00208. The van der Waals surface area contributed by atoms with Crippen LogP contribution in [0.5, 0.6) is 0 Å². The third-order valence-electron chi connectivity index (χ3n) is 2.76. The summed E-state index contributed by atoms with van der Waals surface area (Å²) >= 11 is 5.82. The van der Waals surface area contributed by atoms with Crippen molar-refractivity contribution in [1.82, 2.24) is 5.32 Å². The molecule has 1 aromatic rings. The van der Waals surface area contributed by atoms with Crippen molar-refractivity contribution >= 4 is 11.6 Å². The maximum Gasteiger partial charge on any atom is 0.163 e. The average molecular weight is 274 g/mol. The van der Waals surface area contributed by atoms with Gasteiger partial charge in [-0.05, 0) is 32.0 Å². The molecular formula is C13H17ClFNO2. The first kappa shape index (κ1) is 13.7. The molecule has 1 aliphatic rings. The number of benzene rings is 1. The van der Waals surface area contributed by atoms with Crippen LogP contribution in [-0.4, -0.2) is 25.0 Å². The van der Waals surface area contributed by atoms with Gasteiger partial charge in [0.15, 0.2) is 5.79 Å². The molecule has 1 fully saturated rings. The van der Waals surface area contributed by atoms with Crippen LogP contribution in [0.15, 0.2) is 18.2 Å². The molecule has 0 aromatic heterocycles. The summed E-state index contributed by atoms with van der Waals surface area (Å²) in [6.45, 7) is 5.35. The maximum atomic E-state index is 13.4. The standard InChI is InChI=1S/C13H17ClFNO2/c1-13(2)17-8-11(18-13)7-16-6-9-5-10(14)3-4-12(9)15/h3-5,11,16H,6-8H2,1-2H3. The fourth-order valence-corrected chi connectivity index (χ4v) is 2.10. The number of nitrogens with one attached hydrogen (secondary N) is 1. The Morgan fingerprint density at radius 3 is 2.94 bits per heavy atom. The number of hydrogen-bond acceptors (Lipinski definition) is 3. The molecule has 1 N–H and O–H groups in total. The fourth-order valence-electron chi connectivity index (χ4n) is 1.91. The van der Waals surface area contributed by atoms with Crippen molar-refractivity contribution in [2.45, 2.75) is 32.3 Å². The molecule has 5 heteroatoms. The van der Waals surface area contributed by atoms with E-state index in [9.17, 15) is 4.39 Å². The molecule has 0 spiro atoms. The summed E-state index contributed by atoms with van der Waals surface area (Å²) in [6, 6.07) is 4.54. The van der Waals surface area contributed by atoms with Gasteiger partial charge in [-0.3, -0.25) is 0 Å². The summed E-state index contributed by atoms with van der Waals surface area (Å²) in [7, 11) is 0. The second-order valence-corrected chi connectivity index (χ2v) is 5.25. The quantitative estimate of drug-likeness (QED) is 0.915. The van der Waals surface area contributed by atoms with Crippen molar-refractivity contribution in [2.75, 3.05) is 13.2 Å². The lowest BCUT2D eigenvalue weighted by molar-refractivity contribution is -0.137. The predicted molar refractivity (Wildman–Crippen MR) is 68.0 cm³/mol. The third-order valence-corrected chi connectivity index (χ3v) is 3.00. The zero-order valence-electron chi connectivity index (χ0n) is 10.5. The average Bonchev–Trinajstić information content (AvgIpc) is 2.63. The highest BCUT2D eigenvalue weighted by molar-refractivity contribution is 6.30. The van der Waals surface area contributed by atoms with Gasteiger partial charge in [-0.2, -0.15) is 0 Å². The SMILES string of the molecule is CC1(C)OCC(CNCc2cc(Cl)ccc2F)O1. The Morgan fingerprint density at radius 2 is 2.28 bits per heavy atom. The summed E-state index contributed by atoms with van der Waals surface area (Å²) in [5.41, 5.74) is 0.556. The molecule has 3 nitrogen and oxygen atoms in total. The fraction of sp³-hybridized carbons (Fsp3) is 0.538. The lowest BCUT2D eigenvalue weighted by atomic mass is 10.2. The second-order valence-electron chi connectivity index (χ2n) is 4.82. The summed E-state index contributed by atoms with van der Waals surface area (Å²) in [4.78, 5) is 0. The van der Waals surface area contributed by atoms with E-state index in [1.165, 1.54) is 12.1 Å². The zero-order valence-corrected chi connectivity index (χ0v) is 11.3. The van der Waals surface area contributed by atoms with Crippen LogP contribution in [0.2, 0.25) is 5.02 Å². The van der Waals surface area contributed by atoms with Gasteiger partial charge in [0.05, 0.1) is 12.7 Å². The first-order valence-electron chi connectivity index (χ1n) is 5.93. The minimum atomic E-state index is -0.520. The van der Waals surface area contributed by atoms with Crippen molar-refractivity contribution in [3.63, 3.8) is 0 Å². The molecule has 0 radical (unpaired) electrons. The lowest BCUT2D eigenvalue weighted by Crippen LogP contribution is -2.30. The highest BCUT2D eigenvalue weighted by Gasteiger charge is 2.32. The van der Waals surface area contributed by atoms with Crippen LogP contribution in [0.1, 0.15) is 19.4 Å². The van der Waals surface area contributed by atoms with Crippen LogP contribution in [0, 0.1) is 5.82 Å². The Balaban J connectivity index is 1.80. The molecule has 18 heavy (non-hydrogen) atoms. The van der Waals surface area contributed by atoms with E-state index in [0.717, 1.165) is 0 Å². The van der Waals surface area contributed by atoms with Crippen LogP contribution < -0.4 is 5.32 Å². The van der Waals surface area contributed by atoms with Gasteiger partial charge in [-0.15, -0.1) is 0 Å². The van der Waals surface area contributed by atoms with Gasteiger partial charge in [0, 0.05) is 23.7 Å². The van der Waals surface area contributed by atoms with E-state index in [1.807, 2.05) is 13.8 Å². The highest BCUT2D eigenvalue weighted by Crippen LogP contribution is 2.21. The largest absolute Gasteiger partial charge is 0.348 e. The molecule has 1 atom stereocenters. The van der Waals surface area contributed by atoms with Crippen molar-refractivity contribution < 1.29 is 13.9 Å². The monoisotopic (exact) mass is 273 g/mol. The van der Waals surface area contributed by atoms with E-state index in [0.29, 0.717) is 30.3 Å². The van der Waals surface area contributed by atoms with Gasteiger partial charge in [-0.1, -0.05) is 11.6 Å². The normalized spacial score (nSPS) is 22.3. The first-order chi connectivity index (χ1) is 8.46. The smallest absolute Gasteiger partial charge is 0.163 e. The molecule has 2 rings (SSSR count). The molecule has 0 amide bonds. The molecule has 1 saturated heterocycles. The minimum Gasteiger partial charge on any atom is -0.348 e. The highest BCUT2D eigenvalue weighted by atomic mass is 35.5. The van der Waals surface area contributed by atoms with E-state index < -0.39 is 5.79 Å². The van der Waals surface area contributed by atoms with Crippen molar-refractivity contribution in [2.24, 2.45) is 0 Å². The maximum absolute atomic E-state index is 13.4. The molecule has 1 unspecified atom stereocenters. The van der Waals surface area contributed by atoms with Crippen LogP contribution in [0.25, 0.3) is 0 Å². The Bertz CT molecular complexity index is 425. The Labute approximate surface area is 111 Å². The molecule has 1 heterocycles. The van der Waals surface area contributed by atoms with Crippen LogP contribution in [-0.2, 0) is 16.0 Å². The van der Waals surface area contributed by atoms with Crippen molar-refractivity contribution in [1.29, 1.82) is 0 Å². The summed E-state index contributed by atoms with van der Waals surface area (Å²) < 4.78 is 24.5. The molecule has 100 valence electrons. The van der Waals surface area contributed by atoms with Crippen molar-refractivity contribution in [3.05, 3.63) is 34.6 Å². The van der Waals surface area contributed by atoms with E-state index in [1.54, 1.807) is 6.07 Å². The zero-order chi connectivity index (χ0) is 13.2. The van der Waals surface area contributed by atoms with E-state index in [4.69, 9.17) is 21.1 Å². The van der Waals surface area contributed by atoms with Gasteiger partial charge in [0.2, 0.25) is 0 Å². The molecular weight excluding hydrogens is 257 g/mol. The van der Waals surface area contributed by atoms with E-state index >= 15 is 0 Å². The molecule has 1 aliphatic heterocycles. The van der Waals surface area contributed by atoms with Gasteiger partial charge in [0.1, 0.15) is 5.82 Å². The summed E-state index contributed by atoms with van der Waals surface area (Å²) in [5, 5.41) is 3.68. The molecule has 1 aromatic carbocycles. The summed E-state index contributed by atoms with van der Waals surface area (Å²) in [5.74, 6) is -0.774. The third kappa shape index (κ3) is 3.65. The Kier molecular flexibility index (Phi) is 4.22. The van der Waals surface area contributed by atoms with Gasteiger partial charge in [-0.25, -0.2) is 4.39 Å². The minimum absolute atomic E-state index is 0.00208. The number of ether oxygens (including phenoxy) is 2. The predicted octanol–water partition coefficient (Wildman–Crippen LogP) is 2.72. The molecule has 0 saturated carbocycles. The Hall–Kier alpha value is -0.680. The van der Waals surface area contributed by atoms with Crippen molar-refractivity contribution in [3.8, 4) is 0 Å². The lowest BCUT2D eigenvalue weighted by Gasteiger charge is -2.17. The molecule has 0 bridgehead atoms.